The molecule has 2 heterocycles. The van der Waals surface area contributed by atoms with Gasteiger partial charge in [0.2, 0.25) is 0 Å². The van der Waals surface area contributed by atoms with Crippen molar-refractivity contribution in [1.82, 2.24) is 9.55 Å². The van der Waals surface area contributed by atoms with E-state index in [9.17, 15) is 0 Å². The van der Waals surface area contributed by atoms with Gasteiger partial charge in [-0.25, -0.2) is 4.98 Å². The smallest absolute Gasteiger partial charge is 0.145 e. The number of rotatable bonds is 2. The number of fused-ring (bicyclic) bond motifs is 10. The Morgan fingerprint density at radius 1 is 0.490 bits per heavy atom. The van der Waals surface area contributed by atoms with E-state index in [1.807, 2.05) is 0 Å². The van der Waals surface area contributed by atoms with Crippen molar-refractivity contribution in [3.05, 3.63) is 180 Å². The molecule has 3 heteroatoms. The van der Waals surface area contributed by atoms with E-state index in [1.165, 1.54) is 22.3 Å². The summed E-state index contributed by atoms with van der Waals surface area (Å²) in [5.41, 5.74) is 15.7. The molecule has 2 aliphatic rings. The van der Waals surface area contributed by atoms with E-state index < -0.39 is 0 Å². The molecule has 0 saturated carbocycles. The number of nitrogens with zero attached hydrogens (tertiary/aromatic N) is 2. The molecular weight excluding hydrogens is 621 g/mol. The minimum Gasteiger partial charge on any atom is -0.456 e. The Labute approximate surface area is 297 Å². The Kier molecular flexibility index (Phi) is 6.53. The average Bonchev–Trinajstić information content (AvgIpc) is 3.66. The summed E-state index contributed by atoms with van der Waals surface area (Å²) in [5, 5.41) is 0. The van der Waals surface area contributed by atoms with Crippen LogP contribution in [0.1, 0.15) is 36.1 Å². The van der Waals surface area contributed by atoms with Crippen LogP contribution in [-0.2, 0) is 5.41 Å². The van der Waals surface area contributed by atoms with Crippen LogP contribution in [0.15, 0.2) is 158 Å². The number of ether oxygens (including phenoxy) is 1. The fraction of sp³-hybridized carbons (Fsp3) is 0.0625. The molecule has 51 heavy (non-hydrogen) atoms. The number of hydrogen-bond donors (Lipinski definition) is 0. The van der Waals surface area contributed by atoms with Crippen LogP contribution in [0.25, 0.3) is 73.6 Å². The first-order valence-corrected chi connectivity index (χ1v) is 17.5. The van der Waals surface area contributed by atoms with E-state index in [-0.39, 0.29) is 5.41 Å². The first-order valence-electron chi connectivity index (χ1n) is 17.5. The van der Waals surface area contributed by atoms with Crippen LogP contribution in [-0.4, -0.2) is 9.55 Å². The van der Waals surface area contributed by atoms with Crippen molar-refractivity contribution in [2.45, 2.75) is 19.3 Å². The molecule has 0 saturated heterocycles. The van der Waals surface area contributed by atoms with Gasteiger partial charge in [-0.05, 0) is 93.0 Å². The van der Waals surface area contributed by atoms with Crippen LogP contribution in [0, 0.1) is 0 Å². The van der Waals surface area contributed by atoms with Crippen molar-refractivity contribution in [1.29, 1.82) is 0 Å². The summed E-state index contributed by atoms with van der Waals surface area (Å²) in [6, 6.07) is 56.1. The van der Waals surface area contributed by atoms with E-state index in [0.29, 0.717) is 0 Å². The molecule has 0 radical (unpaired) electrons. The Morgan fingerprint density at radius 2 is 1.18 bits per heavy atom. The van der Waals surface area contributed by atoms with Gasteiger partial charge >= 0.3 is 0 Å². The number of para-hydroxylation sites is 4. The van der Waals surface area contributed by atoms with Crippen molar-refractivity contribution in [3.8, 4) is 62.0 Å². The maximum Gasteiger partial charge on any atom is 0.145 e. The number of benzene rings is 7. The average molecular weight is 655 g/mol. The molecule has 0 amide bonds. The highest BCUT2D eigenvalue weighted by atomic mass is 16.5. The Balaban J connectivity index is 1.28. The zero-order chi connectivity index (χ0) is 34.1. The minimum absolute atomic E-state index is 0.173. The molecule has 3 nitrogen and oxygen atoms in total. The van der Waals surface area contributed by atoms with Gasteiger partial charge in [-0.15, -0.1) is 0 Å². The zero-order valence-electron chi connectivity index (χ0n) is 28.5. The summed E-state index contributed by atoms with van der Waals surface area (Å²) >= 11 is 0. The Bertz CT molecular complexity index is 2700. The number of hydrogen-bond acceptors (Lipinski definition) is 2. The monoisotopic (exact) mass is 654 g/mol. The molecule has 1 aliphatic heterocycles. The zero-order valence-corrected chi connectivity index (χ0v) is 28.5. The molecule has 0 bridgehead atoms. The van der Waals surface area contributed by atoms with Crippen molar-refractivity contribution >= 4 is 23.2 Å². The first kappa shape index (κ1) is 29.5. The van der Waals surface area contributed by atoms with Gasteiger partial charge < -0.3 is 4.74 Å². The second-order valence-electron chi connectivity index (χ2n) is 14.0. The molecule has 1 aromatic heterocycles. The van der Waals surface area contributed by atoms with Gasteiger partial charge in [0, 0.05) is 27.8 Å². The predicted octanol–water partition coefficient (Wildman–Crippen LogP) is 12.6. The fourth-order valence-electron chi connectivity index (χ4n) is 8.12. The lowest BCUT2D eigenvalue weighted by atomic mass is 9.81. The van der Waals surface area contributed by atoms with Crippen LogP contribution in [0.3, 0.4) is 0 Å². The molecule has 0 fully saturated rings. The van der Waals surface area contributed by atoms with Crippen LogP contribution in [0.5, 0.6) is 11.5 Å². The van der Waals surface area contributed by atoms with E-state index in [1.54, 1.807) is 0 Å². The quantitative estimate of drug-likeness (QED) is 0.185. The summed E-state index contributed by atoms with van der Waals surface area (Å²) in [5.74, 6) is 2.57. The molecule has 0 N–H and O–H groups in total. The maximum absolute atomic E-state index is 7.14. The summed E-state index contributed by atoms with van der Waals surface area (Å²) in [7, 11) is 0. The molecular formula is C48H34N2O. The Morgan fingerprint density at radius 3 is 2.04 bits per heavy atom. The van der Waals surface area contributed by atoms with E-state index in [0.717, 1.165) is 73.0 Å². The SMILES string of the molecule is CC1(C)c2ccccc2-c2cc3c(cc21)Oc1ccccc1-c1ccccc1/C=C\c1ccc(-c2nc4ccccc4n2-c2ccccc2)cc1-3. The van der Waals surface area contributed by atoms with Gasteiger partial charge in [0.25, 0.3) is 0 Å². The van der Waals surface area contributed by atoms with E-state index in [4.69, 9.17) is 9.72 Å². The van der Waals surface area contributed by atoms with E-state index in [2.05, 4.69) is 188 Å². The van der Waals surface area contributed by atoms with Gasteiger partial charge in [0.15, 0.2) is 0 Å². The standard InChI is InChI=1S/C48H34N2O/c1-48(2)41-20-10-8-18-36(41)39-29-40-38-28-33(47-49-43-21-11-12-22-44(43)50(47)34-15-4-3-5-16-34)27-26-32(38)25-24-31-14-6-7-17-35(31)37-19-9-13-23-45(37)51-46(40)30-42(39)48/h3-30H,1-2H3/b25-24-. The molecule has 1 aliphatic carbocycles. The van der Waals surface area contributed by atoms with Gasteiger partial charge in [0.1, 0.15) is 17.3 Å². The molecule has 8 aromatic rings. The second kappa shape index (κ2) is 11.3. The summed E-state index contributed by atoms with van der Waals surface area (Å²) in [6.45, 7) is 4.64. The normalized spacial score (nSPS) is 14.2. The lowest BCUT2D eigenvalue weighted by molar-refractivity contribution is 0.484. The lowest BCUT2D eigenvalue weighted by Crippen LogP contribution is -2.15. The third kappa shape index (κ3) is 4.62. The van der Waals surface area contributed by atoms with Crippen LogP contribution in [0.2, 0.25) is 0 Å². The minimum atomic E-state index is -0.173. The summed E-state index contributed by atoms with van der Waals surface area (Å²) in [4.78, 5) is 5.23. The first-order chi connectivity index (χ1) is 25.0. The summed E-state index contributed by atoms with van der Waals surface area (Å²) < 4.78 is 9.41. The fourth-order valence-corrected chi connectivity index (χ4v) is 8.12. The van der Waals surface area contributed by atoms with Gasteiger partial charge in [-0.3, -0.25) is 4.57 Å². The van der Waals surface area contributed by atoms with E-state index >= 15 is 0 Å². The molecule has 10 rings (SSSR count). The molecule has 0 atom stereocenters. The molecule has 7 aromatic carbocycles. The molecule has 0 unspecified atom stereocenters. The van der Waals surface area contributed by atoms with Crippen LogP contribution >= 0.6 is 0 Å². The van der Waals surface area contributed by atoms with Crippen LogP contribution in [0.4, 0.5) is 0 Å². The lowest BCUT2D eigenvalue weighted by Gasteiger charge is -2.23. The van der Waals surface area contributed by atoms with Crippen molar-refractivity contribution in [2.75, 3.05) is 0 Å². The molecule has 0 spiro atoms. The van der Waals surface area contributed by atoms with Gasteiger partial charge in [0.05, 0.1) is 11.0 Å². The maximum atomic E-state index is 7.14. The number of imidazole rings is 1. The molecule has 242 valence electrons. The van der Waals surface area contributed by atoms with Gasteiger partial charge in [-0.2, -0.15) is 0 Å². The Hall–Kier alpha value is -6.45. The van der Waals surface area contributed by atoms with Crippen molar-refractivity contribution in [3.63, 3.8) is 0 Å². The third-order valence-corrected chi connectivity index (χ3v) is 10.7. The highest BCUT2D eigenvalue weighted by Gasteiger charge is 2.37. The highest BCUT2D eigenvalue weighted by molar-refractivity contribution is 5.94. The number of aromatic nitrogens is 2. The van der Waals surface area contributed by atoms with Crippen molar-refractivity contribution in [2.24, 2.45) is 0 Å². The van der Waals surface area contributed by atoms with Crippen molar-refractivity contribution < 1.29 is 4.74 Å². The van der Waals surface area contributed by atoms with Crippen LogP contribution < -0.4 is 4.74 Å². The topological polar surface area (TPSA) is 27.1 Å². The highest BCUT2D eigenvalue weighted by Crippen LogP contribution is 2.53. The van der Waals surface area contributed by atoms with Gasteiger partial charge in [-0.1, -0.05) is 135 Å². The predicted molar refractivity (Wildman–Crippen MR) is 210 cm³/mol. The summed E-state index contributed by atoms with van der Waals surface area (Å²) in [6.07, 6.45) is 4.49. The third-order valence-electron chi connectivity index (χ3n) is 10.7. The second-order valence-corrected chi connectivity index (χ2v) is 14.0. The largest absolute Gasteiger partial charge is 0.456 e.